The summed E-state index contributed by atoms with van der Waals surface area (Å²) < 4.78 is 0. The van der Waals surface area contributed by atoms with Crippen LogP contribution in [-0.4, -0.2) is 37.0 Å². The molecule has 0 saturated carbocycles. The van der Waals surface area contributed by atoms with Crippen LogP contribution in [-0.2, 0) is 0 Å². The lowest BCUT2D eigenvalue weighted by Gasteiger charge is -2.35. The van der Waals surface area contributed by atoms with Crippen LogP contribution in [0.4, 0.5) is 11.4 Å². The third-order valence-electron chi connectivity index (χ3n) is 4.19. The predicted octanol–water partition coefficient (Wildman–Crippen LogP) is 2.64. The summed E-state index contributed by atoms with van der Waals surface area (Å²) in [6, 6.07) is 5.92. The molecule has 2 N–H and O–H groups in total. The van der Waals surface area contributed by atoms with Crippen LogP contribution in [0.25, 0.3) is 0 Å². The average molecular weight is 273 g/mol. The van der Waals surface area contributed by atoms with E-state index in [1.807, 2.05) is 23.1 Å². The lowest BCUT2D eigenvalue weighted by molar-refractivity contribution is 0.0624. The van der Waals surface area contributed by atoms with E-state index in [0.29, 0.717) is 11.8 Å². The first kappa shape index (κ1) is 13.3. The van der Waals surface area contributed by atoms with Gasteiger partial charge in [0.2, 0.25) is 0 Å². The van der Waals surface area contributed by atoms with Crippen LogP contribution < -0.4 is 10.6 Å². The van der Waals surface area contributed by atoms with E-state index in [2.05, 4.69) is 24.5 Å². The Bertz CT molecular complexity index is 504. The second kappa shape index (κ2) is 5.35. The molecule has 2 heterocycles. The molecule has 2 aliphatic heterocycles. The van der Waals surface area contributed by atoms with Crippen molar-refractivity contribution >= 4 is 17.3 Å². The van der Waals surface area contributed by atoms with Crippen molar-refractivity contribution in [1.29, 1.82) is 0 Å². The lowest BCUT2D eigenvalue weighted by atomic mass is 9.91. The molecule has 0 aliphatic carbocycles. The van der Waals surface area contributed by atoms with Gasteiger partial charge in [-0.2, -0.15) is 0 Å². The van der Waals surface area contributed by atoms with Crippen molar-refractivity contribution in [2.75, 3.05) is 36.8 Å². The number of fused-ring (bicyclic) bond motifs is 1. The Labute approximate surface area is 120 Å². The molecule has 1 aromatic carbocycles. The van der Waals surface area contributed by atoms with Gasteiger partial charge in [-0.05, 0) is 30.4 Å². The highest BCUT2D eigenvalue weighted by Gasteiger charge is 2.28. The Morgan fingerprint density at radius 1 is 1.15 bits per heavy atom. The molecule has 4 nitrogen and oxygen atoms in total. The Balaban J connectivity index is 1.87. The molecule has 2 aliphatic rings. The molecule has 2 atom stereocenters. The standard InChI is InChI=1S/C16H23N3O/c1-11-8-12(2)10-19(9-11)16(20)13-4-3-5-14-15(13)18-7-6-17-14/h3-5,11-12,17-18H,6-10H2,1-2H3. The van der Waals surface area contributed by atoms with Crippen LogP contribution in [0.1, 0.15) is 30.6 Å². The van der Waals surface area contributed by atoms with Crippen molar-refractivity contribution in [2.24, 2.45) is 11.8 Å². The average Bonchev–Trinajstić information content (AvgIpc) is 2.45. The second-order valence-electron chi connectivity index (χ2n) is 6.24. The molecule has 2 unspecified atom stereocenters. The lowest BCUT2D eigenvalue weighted by Crippen LogP contribution is -2.43. The van der Waals surface area contributed by atoms with Gasteiger partial charge in [-0.15, -0.1) is 0 Å². The molecular weight excluding hydrogens is 250 g/mol. The number of nitrogens with one attached hydrogen (secondary N) is 2. The van der Waals surface area contributed by atoms with Gasteiger partial charge in [-0.25, -0.2) is 0 Å². The maximum absolute atomic E-state index is 12.8. The molecule has 1 amide bonds. The second-order valence-corrected chi connectivity index (χ2v) is 6.24. The van der Waals surface area contributed by atoms with Gasteiger partial charge in [-0.1, -0.05) is 19.9 Å². The molecule has 20 heavy (non-hydrogen) atoms. The zero-order chi connectivity index (χ0) is 14.1. The van der Waals surface area contributed by atoms with Crippen LogP contribution in [0, 0.1) is 11.8 Å². The Kier molecular flexibility index (Phi) is 3.55. The highest BCUT2D eigenvalue weighted by atomic mass is 16.2. The summed E-state index contributed by atoms with van der Waals surface area (Å²) in [5, 5.41) is 6.71. The molecule has 4 heteroatoms. The van der Waals surface area contributed by atoms with E-state index in [1.165, 1.54) is 6.42 Å². The molecule has 3 rings (SSSR count). The monoisotopic (exact) mass is 273 g/mol. The fourth-order valence-electron chi connectivity index (χ4n) is 3.45. The number of para-hydroxylation sites is 1. The number of hydrogen-bond donors (Lipinski definition) is 2. The molecule has 0 spiro atoms. The first-order chi connectivity index (χ1) is 9.65. The van der Waals surface area contributed by atoms with Crippen LogP contribution in [0.15, 0.2) is 18.2 Å². The molecule has 1 aromatic rings. The topological polar surface area (TPSA) is 44.4 Å². The smallest absolute Gasteiger partial charge is 0.256 e. The molecule has 0 bridgehead atoms. The van der Waals surface area contributed by atoms with Crippen LogP contribution in [0.2, 0.25) is 0 Å². The number of likely N-dealkylation sites (tertiary alicyclic amines) is 1. The molecule has 0 aromatic heterocycles. The van der Waals surface area contributed by atoms with Gasteiger partial charge in [0, 0.05) is 26.2 Å². The zero-order valence-electron chi connectivity index (χ0n) is 12.3. The van der Waals surface area contributed by atoms with Gasteiger partial charge in [0.25, 0.3) is 5.91 Å². The summed E-state index contributed by atoms with van der Waals surface area (Å²) in [6.45, 7) is 7.99. The number of amides is 1. The number of nitrogens with zero attached hydrogens (tertiary/aromatic N) is 1. The summed E-state index contributed by atoms with van der Waals surface area (Å²) in [5.74, 6) is 1.35. The minimum absolute atomic E-state index is 0.163. The Morgan fingerprint density at radius 3 is 2.60 bits per heavy atom. The number of benzene rings is 1. The zero-order valence-corrected chi connectivity index (χ0v) is 12.3. The normalized spacial score (nSPS) is 25.4. The maximum atomic E-state index is 12.8. The van der Waals surface area contributed by atoms with E-state index >= 15 is 0 Å². The minimum atomic E-state index is 0.163. The summed E-state index contributed by atoms with van der Waals surface area (Å²) in [4.78, 5) is 14.8. The molecule has 1 saturated heterocycles. The van der Waals surface area contributed by atoms with Crippen molar-refractivity contribution in [3.05, 3.63) is 23.8 Å². The number of hydrogen-bond acceptors (Lipinski definition) is 3. The number of carbonyl (C=O) groups excluding carboxylic acids is 1. The predicted molar refractivity (Wildman–Crippen MR) is 82.3 cm³/mol. The van der Waals surface area contributed by atoms with Crippen LogP contribution >= 0.6 is 0 Å². The van der Waals surface area contributed by atoms with E-state index in [9.17, 15) is 4.79 Å². The molecule has 1 fully saturated rings. The summed E-state index contributed by atoms with van der Waals surface area (Å²) in [7, 11) is 0. The highest BCUT2D eigenvalue weighted by Crippen LogP contribution is 2.31. The molecule has 0 radical (unpaired) electrons. The van der Waals surface area contributed by atoms with E-state index in [0.717, 1.165) is 43.1 Å². The highest BCUT2D eigenvalue weighted by molar-refractivity contribution is 6.02. The minimum Gasteiger partial charge on any atom is -0.382 e. The van der Waals surface area contributed by atoms with Gasteiger partial charge >= 0.3 is 0 Å². The Hall–Kier alpha value is -1.71. The van der Waals surface area contributed by atoms with E-state index in [-0.39, 0.29) is 5.91 Å². The van der Waals surface area contributed by atoms with E-state index in [1.54, 1.807) is 0 Å². The van der Waals surface area contributed by atoms with Crippen molar-refractivity contribution in [2.45, 2.75) is 20.3 Å². The summed E-state index contributed by atoms with van der Waals surface area (Å²) in [6.07, 6.45) is 1.22. The SMILES string of the molecule is CC1CC(C)CN(C(=O)c2cccc3c2NCCN3)C1. The maximum Gasteiger partial charge on any atom is 0.256 e. The summed E-state index contributed by atoms with van der Waals surface area (Å²) in [5.41, 5.74) is 2.81. The van der Waals surface area contributed by atoms with Gasteiger partial charge in [-0.3, -0.25) is 4.79 Å². The van der Waals surface area contributed by atoms with Gasteiger partial charge in [0.15, 0.2) is 0 Å². The number of piperidine rings is 1. The third kappa shape index (κ3) is 2.47. The fourth-order valence-corrected chi connectivity index (χ4v) is 3.45. The van der Waals surface area contributed by atoms with E-state index < -0.39 is 0 Å². The molecular formula is C16H23N3O. The first-order valence-electron chi connectivity index (χ1n) is 7.55. The Morgan fingerprint density at radius 2 is 1.85 bits per heavy atom. The van der Waals surface area contributed by atoms with Gasteiger partial charge in [0.05, 0.1) is 16.9 Å². The van der Waals surface area contributed by atoms with Crippen molar-refractivity contribution in [3.8, 4) is 0 Å². The van der Waals surface area contributed by atoms with Crippen molar-refractivity contribution in [3.63, 3.8) is 0 Å². The van der Waals surface area contributed by atoms with Crippen molar-refractivity contribution < 1.29 is 4.79 Å². The number of rotatable bonds is 1. The van der Waals surface area contributed by atoms with E-state index in [4.69, 9.17) is 0 Å². The number of carbonyl (C=O) groups is 1. The van der Waals surface area contributed by atoms with Crippen molar-refractivity contribution in [1.82, 2.24) is 4.90 Å². The third-order valence-corrected chi connectivity index (χ3v) is 4.19. The fraction of sp³-hybridized carbons (Fsp3) is 0.562. The summed E-state index contributed by atoms with van der Waals surface area (Å²) >= 11 is 0. The first-order valence-corrected chi connectivity index (χ1v) is 7.55. The van der Waals surface area contributed by atoms with Crippen LogP contribution in [0.3, 0.4) is 0 Å². The van der Waals surface area contributed by atoms with Gasteiger partial charge < -0.3 is 15.5 Å². The number of anilines is 2. The van der Waals surface area contributed by atoms with Gasteiger partial charge in [0.1, 0.15) is 0 Å². The molecule has 108 valence electrons. The quantitative estimate of drug-likeness (QED) is 0.827. The largest absolute Gasteiger partial charge is 0.382 e. The van der Waals surface area contributed by atoms with Crippen LogP contribution in [0.5, 0.6) is 0 Å².